The van der Waals surface area contributed by atoms with E-state index in [0.717, 1.165) is 21.3 Å². The lowest BCUT2D eigenvalue weighted by molar-refractivity contribution is -0.117. The Bertz CT molecular complexity index is 661. The zero-order valence-electron chi connectivity index (χ0n) is 11.2. The van der Waals surface area contributed by atoms with Crippen LogP contribution in [0.4, 0.5) is 5.69 Å². The van der Waals surface area contributed by atoms with Crippen molar-refractivity contribution in [1.29, 1.82) is 0 Å². The number of amides is 1. The Hall–Kier alpha value is -1.69. The van der Waals surface area contributed by atoms with Crippen molar-refractivity contribution in [3.05, 3.63) is 64.1 Å². The summed E-state index contributed by atoms with van der Waals surface area (Å²) in [5.74, 6) is -0.0941. The molecule has 2 aromatic carbocycles. The minimum Gasteiger partial charge on any atom is -0.387 e. The fourth-order valence-electron chi connectivity index (χ4n) is 2.46. The van der Waals surface area contributed by atoms with Crippen molar-refractivity contribution in [1.82, 2.24) is 5.32 Å². The van der Waals surface area contributed by atoms with E-state index in [0.29, 0.717) is 6.54 Å². The molecule has 0 radical (unpaired) electrons. The van der Waals surface area contributed by atoms with Crippen molar-refractivity contribution >= 4 is 27.5 Å². The summed E-state index contributed by atoms with van der Waals surface area (Å²) >= 11 is 3.39. The molecule has 3 rings (SSSR count). The van der Waals surface area contributed by atoms with Gasteiger partial charge in [0.1, 0.15) is 6.04 Å². The van der Waals surface area contributed by atoms with Gasteiger partial charge in [0, 0.05) is 22.3 Å². The molecule has 0 saturated heterocycles. The molecular formula is C16H15BrN2O2. The highest BCUT2D eigenvalue weighted by molar-refractivity contribution is 9.10. The van der Waals surface area contributed by atoms with E-state index in [1.807, 2.05) is 48.5 Å². The molecule has 0 saturated carbocycles. The summed E-state index contributed by atoms with van der Waals surface area (Å²) in [6.45, 7) is 0.317. The molecule has 2 unspecified atom stereocenters. The van der Waals surface area contributed by atoms with Crippen molar-refractivity contribution in [2.45, 2.75) is 12.1 Å². The number of hydrogen-bond acceptors (Lipinski definition) is 3. The van der Waals surface area contributed by atoms with Crippen molar-refractivity contribution in [2.75, 3.05) is 11.9 Å². The number of benzene rings is 2. The molecular weight excluding hydrogens is 332 g/mol. The molecule has 2 atom stereocenters. The van der Waals surface area contributed by atoms with E-state index in [2.05, 4.69) is 26.6 Å². The van der Waals surface area contributed by atoms with Gasteiger partial charge in [0.15, 0.2) is 0 Å². The molecule has 1 aliphatic rings. The van der Waals surface area contributed by atoms with E-state index in [1.54, 1.807) is 0 Å². The highest BCUT2D eigenvalue weighted by Crippen LogP contribution is 2.33. The van der Waals surface area contributed by atoms with Gasteiger partial charge < -0.3 is 10.4 Å². The highest BCUT2D eigenvalue weighted by atomic mass is 79.9. The predicted molar refractivity (Wildman–Crippen MR) is 84.9 cm³/mol. The van der Waals surface area contributed by atoms with Crippen LogP contribution in [0.3, 0.4) is 0 Å². The van der Waals surface area contributed by atoms with Crippen LogP contribution in [-0.4, -0.2) is 17.6 Å². The summed E-state index contributed by atoms with van der Waals surface area (Å²) in [5, 5.41) is 16.1. The minimum absolute atomic E-state index is 0.0941. The molecule has 108 valence electrons. The van der Waals surface area contributed by atoms with E-state index in [4.69, 9.17) is 0 Å². The number of nitrogens with one attached hydrogen (secondary N) is 2. The summed E-state index contributed by atoms with van der Waals surface area (Å²) in [4.78, 5) is 12.0. The minimum atomic E-state index is -0.640. The Labute approximate surface area is 131 Å². The third-order valence-electron chi connectivity index (χ3n) is 3.55. The van der Waals surface area contributed by atoms with Gasteiger partial charge in [-0.3, -0.25) is 10.1 Å². The van der Waals surface area contributed by atoms with E-state index in [-0.39, 0.29) is 5.91 Å². The average molecular weight is 347 g/mol. The van der Waals surface area contributed by atoms with Gasteiger partial charge >= 0.3 is 0 Å². The van der Waals surface area contributed by atoms with Gasteiger partial charge in [-0.05, 0) is 17.7 Å². The summed E-state index contributed by atoms with van der Waals surface area (Å²) in [6.07, 6.45) is -0.640. The first-order chi connectivity index (χ1) is 10.1. The first kappa shape index (κ1) is 14.3. The van der Waals surface area contributed by atoms with Gasteiger partial charge in [-0.15, -0.1) is 0 Å². The molecule has 5 heteroatoms. The maximum Gasteiger partial charge on any atom is 0.246 e. The SMILES string of the molecule is O=C1Nc2cc(Br)ccc2C1NCC(O)c1ccccc1. The maximum atomic E-state index is 12.0. The molecule has 2 aromatic rings. The molecule has 0 bridgehead atoms. The van der Waals surface area contributed by atoms with Crippen molar-refractivity contribution in [3.63, 3.8) is 0 Å². The third kappa shape index (κ3) is 3.00. The number of fused-ring (bicyclic) bond motifs is 1. The number of hydrogen-bond donors (Lipinski definition) is 3. The Morgan fingerprint density at radius 2 is 2.00 bits per heavy atom. The zero-order valence-corrected chi connectivity index (χ0v) is 12.8. The average Bonchev–Trinajstić information content (AvgIpc) is 2.80. The van der Waals surface area contributed by atoms with E-state index in [1.165, 1.54) is 0 Å². The van der Waals surface area contributed by atoms with E-state index >= 15 is 0 Å². The second-order valence-electron chi connectivity index (χ2n) is 4.99. The molecule has 0 aliphatic carbocycles. The van der Waals surface area contributed by atoms with Crippen LogP contribution in [0.5, 0.6) is 0 Å². The summed E-state index contributed by atoms with van der Waals surface area (Å²) < 4.78 is 0.923. The Morgan fingerprint density at radius 1 is 1.24 bits per heavy atom. The Kier molecular flexibility index (Phi) is 4.05. The van der Waals surface area contributed by atoms with Gasteiger partial charge in [-0.1, -0.05) is 52.3 Å². The van der Waals surface area contributed by atoms with Crippen LogP contribution < -0.4 is 10.6 Å². The lowest BCUT2D eigenvalue weighted by atomic mass is 10.1. The fraction of sp³-hybridized carbons (Fsp3) is 0.188. The topological polar surface area (TPSA) is 61.4 Å². The van der Waals surface area contributed by atoms with Gasteiger partial charge in [-0.25, -0.2) is 0 Å². The van der Waals surface area contributed by atoms with Crippen LogP contribution >= 0.6 is 15.9 Å². The first-order valence-corrected chi connectivity index (χ1v) is 7.51. The second-order valence-corrected chi connectivity index (χ2v) is 5.90. The van der Waals surface area contributed by atoms with E-state index in [9.17, 15) is 9.90 Å². The number of halogens is 1. The number of anilines is 1. The second kappa shape index (κ2) is 5.97. The Morgan fingerprint density at radius 3 is 2.76 bits per heavy atom. The third-order valence-corrected chi connectivity index (χ3v) is 4.04. The smallest absolute Gasteiger partial charge is 0.246 e. The lowest BCUT2D eigenvalue weighted by Gasteiger charge is -2.16. The monoisotopic (exact) mass is 346 g/mol. The fourth-order valence-corrected chi connectivity index (χ4v) is 2.82. The van der Waals surface area contributed by atoms with E-state index < -0.39 is 12.1 Å². The molecule has 0 aromatic heterocycles. The summed E-state index contributed by atoms with van der Waals surface area (Å²) in [6, 6.07) is 14.7. The number of aliphatic hydroxyl groups is 1. The first-order valence-electron chi connectivity index (χ1n) is 6.72. The van der Waals surface area contributed by atoms with Crippen molar-refractivity contribution in [2.24, 2.45) is 0 Å². The predicted octanol–water partition coefficient (Wildman–Crippen LogP) is 2.77. The molecule has 1 aliphatic heterocycles. The molecule has 21 heavy (non-hydrogen) atoms. The van der Waals surface area contributed by atoms with Crippen molar-refractivity contribution in [3.8, 4) is 0 Å². The zero-order chi connectivity index (χ0) is 14.8. The quantitative estimate of drug-likeness (QED) is 0.797. The normalized spacial score (nSPS) is 18.2. The van der Waals surface area contributed by atoms with Gasteiger partial charge in [-0.2, -0.15) is 0 Å². The van der Waals surface area contributed by atoms with Crippen LogP contribution in [0.2, 0.25) is 0 Å². The van der Waals surface area contributed by atoms with Gasteiger partial charge in [0.05, 0.1) is 6.10 Å². The van der Waals surface area contributed by atoms with Crippen molar-refractivity contribution < 1.29 is 9.90 Å². The number of carbonyl (C=O) groups is 1. The number of aliphatic hydroxyl groups excluding tert-OH is 1. The standard InChI is InChI=1S/C16H15BrN2O2/c17-11-6-7-12-13(8-11)19-16(21)15(12)18-9-14(20)10-4-2-1-3-5-10/h1-8,14-15,18,20H,9H2,(H,19,21). The lowest BCUT2D eigenvalue weighted by Crippen LogP contribution is -2.31. The van der Waals surface area contributed by atoms with Gasteiger partial charge in [0.25, 0.3) is 0 Å². The number of carbonyl (C=O) groups excluding carboxylic acids is 1. The molecule has 3 N–H and O–H groups in total. The molecule has 0 fully saturated rings. The van der Waals surface area contributed by atoms with Crippen LogP contribution in [0.15, 0.2) is 53.0 Å². The molecule has 4 nitrogen and oxygen atoms in total. The Balaban J connectivity index is 1.70. The number of rotatable bonds is 4. The molecule has 0 spiro atoms. The highest BCUT2D eigenvalue weighted by Gasteiger charge is 2.30. The molecule has 1 amide bonds. The maximum absolute atomic E-state index is 12.0. The van der Waals surface area contributed by atoms with Gasteiger partial charge in [0.2, 0.25) is 5.91 Å². The largest absolute Gasteiger partial charge is 0.387 e. The summed E-state index contributed by atoms with van der Waals surface area (Å²) in [7, 11) is 0. The molecule has 1 heterocycles. The summed E-state index contributed by atoms with van der Waals surface area (Å²) in [5.41, 5.74) is 2.55. The van der Waals surface area contributed by atoms with Crippen LogP contribution in [0, 0.1) is 0 Å². The van der Waals surface area contributed by atoms with Crippen LogP contribution in [0.1, 0.15) is 23.3 Å². The van der Waals surface area contributed by atoms with Crippen LogP contribution in [0.25, 0.3) is 0 Å². The van der Waals surface area contributed by atoms with Crippen LogP contribution in [-0.2, 0) is 4.79 Å².